The number of rotatable bonds is 5. The van der Waals surface area contributed by atoms with Gasteiger partial charge in [0.05, 0.1) is 0 Å². The predicted octanol–water partition coefficient (Wildman–Crippen LogP) is 1.55. The molecule has 0 saturated heterocycles. The van der Waals surface area contributed by atoms with Gasteiger partial charge in [-0.2, -0.15) is 0 Å². The molecule has 1 aromatic carbocycles. The number of amides is 1. The van der Waals surface area contributed by atoms with Crippen molar-refractivity contribution in [2.45, 2.75) is 19.4 Å². The standard InChI is InChI=1S/C13H18N2O/c1-14-8-10-4-6-12(7-5-10)13(16)15-9-11-2-3-11/h4-7,11,14H,2-3,8-9H2,1H3,(H,15,16). The lowest BCUT2D eigenvalue weighted by molar-refractivity contribution is 0.0952. The first kappa shape index (κ1) is 11.1. The topological polar surface area (TPSA) is 41.1 Å². The Morgan fingerprint density at radius 1 is 1.31 bits per heavy atom. The fourth-order valence-corrected chi connectivity index (χ4v) is 1.64. The van der Waals surface area contributed by atoms with Crippen molar-refractivity contribution in [3.63, 3.8) is 0 Å². The molecular formula is C13H18N2O. The summed E-state index contributed by atoms with van der Waals surface area (Å²) in [5.74, 6) is 0.774. The van der Waals surface area contributed by atoms with E-state index in [2.05, 4.69) is 10.6 Å². The number of nitrogens with one attached hydrogen (secondary N) is 2. The summed E-state index contributed by atoms with van der Waals surface area (Å²) >= 11 is 0. The second-order valence-electron chi connectivity index (χ2n) is 4.38. The van der Waals surface area contributed by atoms with E-state index in [0.717, 1.165) is 24.6 Å². The average Bonchev–Trinajstić information content (AvgIpc) is 3.11. The summed E-state index contributed by atoms with van der Waals surface area (Å²) in [6, 6.07) is 7.74. The van der Waals surface area contributed by atoms with Crippen LogP contribution in [0.3, 0.4) is 0 Å². The summed E-state index contributed by atoms with van der Waals surface area (Å²) in [5.41, 5.74) is 1.95. The Morgan fingerprint density at radius 3 is 2.56 bits per heavy atom. The molecule has 0 atom stereocenters. The van der Waals surface area contributed by atoms with Crippen molar-refractivity contribution in [1.82, 2.24) is 10.6 Å². The van der Waals surface area contributed by atoms with Crippen molar-refractivity contribution >= 4 is 5.91 Å². The molecule has 1 aromatic rings. The van der Waals surface area contributed by atoms with Crippen LogP contribution in [0.4, 0.5) is 0 Å². The van der Waals surface area contributed by atoms with Crippen molar-refractivity contribution in [2.24, 2.45) is 5.92 Å². The van der Waals surface area contributed by atoms with Gasteiger partial charge in [0, 0.05) is 18.7 Å². The number of benzene rings is 1. The number of hydrogen-bond donors (Lipinski definition) is 2. The summed E-state index contributed by atoms with van der Waals surface area (Å²) in [4.78, 5) is 11.7. The van der Waals surface area contributed by atoms with Gasteiger partial charge in [-0.1, -0.05) is 12.1 Å². The van der Waals surface area contributed by atoms with Crippen LogP contribution >= 0.6 is 0 Å². The van der Waals surface area contributed by atoms with E-state index in [1.54, 1.807) is 0 Å². The summed E-state index contributed by atoms with van der Waals surface area (Å²) in [6.45, 7) is 1.67. The highest BCUT2D eigenvalue weighted by Gasteiger charge is 2.21. The monoisotopic (exact) mass is 218 g/mol. The maximum Gasteiger partial charge on any atom is 0.251 e. The van der Waals surface area contributed by atoms with Crippen LogP contribution in [0.2, 0.25) is 0 Å². The predicted molar refractivity (Wildman–Crippen MR) is 64.3 cm³/mol. The van der Waals surface area contributed by atoms with E-state index < -0.39 is 0 Å². The lowest BCUT2D eigenvalue weighted by Crippen LogP contribution is -2.25. The van der Waals surface area contributed by atoms with Crippen molar-refractivity contribution in [1.29, 1.82) is 0 Å². The minimum absolute atomic E-state index is 0.0444. The summed E-state index contributed by atoms with van der Waals surface area (Å²) in [5, 5.41) is 6.04. The van der Waals surface area contributed by atoms with Gasteiger partial charge < -0.3 is 10.6 Å². The maximum absolute atomic E-state index is 11.7. The first-order valence-corrected chi connectivity index (χ1v) is 5.81. The van der Waals surface area contributed by atoms with Gasteiger partial charge in [0.25, 0.3) is 5.91 Å². The van der Waals surface area contributed by atoms with E-state index in [0.29, 0.717) is 0 Å². The lowest BCUT2D eigenvalue weighted by atomic mass is 10.1. The van der Waals surface area contributed by atoms with E-state index in [1.807, 2.05) is 31.3 Å². The first-order valence-electron chi connectivity index (χ1n) is 5.81. The van der Waals surface area contributed by atoms with Crippen molar-refractivity contribution in [2.75, 3.05) is 13.6 Å². The van der Waals surface area contributed by atoms with Gasteiger partial charge in [-0.15, -0.1) is 0 Å². The van der Waals surface area contributed by atoms with Crippen LogP contribution in [-0.4, -0.2) is 19.5 Å². The van der Waals surface area contributed by atoms with E-state index in [4.69, 9.17) is 0 Å². The zero-order chi connectivity index (χ0) is 11.4. The zero-order valence-corrected chi connectivity index (χ0v) is 9.62. The average molecular weight is 218 g/mol. The second kappa shape index (κ2) is 5.12. The Balaban J connectivity index is 1.88. The molecule has 1 amide bonds. The highest BCUT2D eigenvalue weighted by molar-refractivity contribution is 5.94. The Bertz CT molecular complexity index is 355. The SMILES string of the molecule is CNCc1ccc(C(=O)NCC2CC2)cc1. The normalized spacial score (nSPS) is 14.8. The Hall–Kier alpha value is -1.35. The van der Waals surface area contributed by atoms with Gasteiger partial charge in [0.15, 0.2) is 0 Å². The molecule has 1 saturated carbocycles. The van der Waals surface area contributed by atoms with Gasteiger partial charge in [0.2, 0.25) is 0 Å². The van der Waals surface area contributed by atoms with Gasteiger partial charge >= 0.3 is 0 Å². The van der Waals surface area contributed by atoms with E-state index in [-0.39, 0.29) is 5.91 Å². The maximum atomic E-state index is 11.7. The molecule has 0 radical (unpaired) electrons. The molecule has 0 heterocycles. The van der Waals surface area contributed by atoms with Crippen LogP contribution in [0.15, 0.2) is 24.3 Å². The molecule has 0 bridgehead atoms. The molecule has 2 rings (SSSR count). The molecule has 0 unspecified atom stereocenters. The lowest BCUT2D eigenvalue weighted by Gasteiger charge is -2.05. The number of carbonyl (C=O) groups is 1. The van der Waals surface area contributed by atoms with Crippen LogP contribution in [0.25, 0.3) is 0 Å². The van der Waals surface area contributed by atoms with Crippen LogP contribution in [0.5, 0.6) is 0 Å². The molecule has 3 heteroatoms. The third-order valence-corrected chi connectivity index (χ3v) is 2.85. The third kappa shape index (κ3) is 3.07. The molecule has 1 fully saturated rings. The summed E-state index contributed by atoms with van der Waals surface area (Å²) < 4.78 is 0. The fourth-order valence-electron chi connectivity index (χ4n) is 1.64. The highest BCUT2D eigenvalue weighted by atomic mass is 16.1. The van der Waals surface area contributed by atoms with Crippen LogP contribution < -0.4 is 10.6 Å². The first-order chi connectivity index (χ1) is 7.79. The molecule has 0 spiro atoms. The van der Waals surface area contributed by atoms with Crippen LogP contribution in [0.1, 0.15) is 28.8 Å². The Labute approximate surface area is 96.2 Å². The van der Waals surface area contributed by atoms with Crippen LogP contribution in [-0.2, 0) is 6.54 Å². The van der Waals surface area contributed by atoms with E-state index in [9.17, 15) is 4.79 Å². The smallest absolute Gasteiger partial charge is 0.251 e. The minimum atomic E-state index is 0.0444. The van der Waals surface area contributed by atoms with Crippen LogP contribution in [0, 0.1) is 5.92 Å². The van der Waals surface area contributed by atoms with E-state index in [1.165, 1.54) is 18.4 Å². The third-order valence-electron chi connectivity index (χ3n) is 2.85. The number of carbonyl (C=O) groups excluding carboxylic acids is 1. The molecule has 0 aliphatic heterocycles. The minimum Gasteiger partial charge on any atom is -0.352 e. The molecule has 16 heavy (non-hydrogen) atoms. The summed E-state index contributed by atoms with van der Waals surface area (Å²) in [7, 11) is 1.91. The van der Waals surface area contributed by atoms with Crippen molar-refractivity contribution in [3.8, 4) is 0 Å². The molecular weight excluding hydrogens is 200 g/mol. The quantitative estimate of drug-likeness (QED) is 0.787. The van der Waals surface area contributed by atoms with Gasteiger partial charge in [0.1, 0.15) is 0 Å². The molecule has 3 nitrogen and oxygen atoms in total. The largest absolute Gasteiger partial charge is 0.352 e. The van der Waals surface area contributed by atoms with E-state index >= 15 is 0 Å². The Kier molecular flexibility index (Phi) is 3.57. The van der Waals surface area contributed by atoms with Crippen molar-refractivity contribution in [3.05, 3.63) is 35.4 Å². The molecule has 0 aromatic heterocycles. The van der Waals surface area contributed by atoms with Gasteiger partial charge in [-0.25, -0.2) is 0 Å². The van der Waals surface area contributed by atoms with Gasteiger partial charge in [-0.3, -0.25) is 4.79 Å². The van der Waals surface area contributed by atoms with Gasteiger partial charge in [-0.05, 0) is 43.5 Å². The Morgan fingerprint density at radius 2 is 2.00 bits per heavy atom. The fraction of sp³-hybridized carbons (Fsp3) is 0.462. The number of hydrogen-bond acceptors (Lipinski definition) is 2. The molecule has 2 N–H and O–H groups in total. The second-order valence-corrected chi connectivity index (χ2v) is 4.38. The molecule has 1 aliphatic carbocycles. The van der Waals surface area contributed by atoms with Crippen molar-refractivity contribution < 1.29 is 4.79 Å². The zero-order valence-electron chi connectivity index (χ0n) is 9.62. The molecule has 1 aliphatic rings. The highest BCUT2D eigenvalue weighted by Crippen LogP contribution is 2.27. The summed E-state index contributed by atoms with van der Waals surface area (Å²) in [6.07, 6.45) is 2.53. The molecule has 86 valence electrons.